The Morgan fingerprint density at radius 1 is 0.812 bits per heavy atom. The highest BCUT2D eigenvalue weighted by molar-refractivity contribution is 6.02. The molecule has 4 aromatic carbocycles. The summed E-state index contributed by atoms with van der Waals surface area (Å²) in [5.41, 5.74) is 4.12. The molecule has 0 spiro atoms. The highest BCUT2D eigenvalue weighted by atomic mass is 19.1. The first-order valence-electron chi connectivity index (χ1n) is 10.4. The quantitative estimate of drug-likeness (QED) is 0.311. The predicted octanol–water partition coefficient (Wildman–Crippen LogP) is 6.28. The van der Waals surface area contributed by atoms with Gasteiger partial charge in [0, 0.05) is 17.8 Å². The number of hydrogen-bond donors (Lipinski definition) is 3. The van der Waals surface area contributed by atoms with Crippen LogP contribution in [0.25, 0.3) is 21.8 Å². The van der Waals surface area contributed by atoms with Crippen LogP contribution in [0, 0.1) is 5.82 Å². The van der Waals surface area contributed by atoms with Gasteiger partial charge in [0.2, 0.25) is 0 Å². The molecule has 0 saturated carbocycles. The van der Waals surface area contributed by atoms with Crippen molar-refractivity contribution in [1.82, 2.24) is 9.97 Å². The Balaban J connectivity index is 1.24. The fourth-order valence-electron chi connectivity index (χ4n) is 3.73. The number of H-pyrrole nitrogens is 1. The number of hydrogen-bond acceptors (Lipinski definition) is 2. The van der Waals surface area contributed by atoms with Crippen molar-refractivity contribution in [1.29, 1.82) is 0 Å². The van der Waals surface area contributed by atoms with Crippen LogP contribution >= 0.6 is 0 Å². The first-order chi connectivity index (χ1) is 15.6. The molecule has 158 valence electrons. The van der Waals surface area contributed by atoms with E-state index in [-0.39, 0.29) is 11.8 Å². The number of aryl methyl sites for hydroxylation is 2. The third-order valence-electron chi connectivity index (χ3n) is 5.36. The molecule has 1 heterocycles. The smallest absolute Gasteiger partial charge is 0.323 e. The fraction of sp³-hybridized carbons (Fsp3) is 0.0769. The number of benzene rings is 4. The second kappa shape index (κ2) is 8.51. The number of carbonyl (C=O) groups excluding carboxylic acids is 1. The first-order valence-corrected chi connectivity index (χ1v) is 10.4. The average molecular weight is 424 g/mol. The number of amides is 2. The number of anilines is 2. The minimum absolute atomic E-state index is 0.234. The second-order valence-electron chi connectivity index (χ2n) is 7.68. The predicted molar refractivity (Wildman–Crippen MR) is 126 cm³/mol. The van der Waals surface area contributed by atoms with Crippen molar-refractivity contribution in [3.05, 3.63) is 102 Å². The minimum Gasteiger partial charge on any atom is -0.342 e. The van der Waals surface area contributed by atoms with E-state index in [1.807, 2.05) is 60.7 Å². The van der Waals surface area contributed by atoms with Crippen LogP contribution in [0.4, 0.5) is 20.6 Å². The molecule has 0 radical (unpaired) electrons. The number of carbonyl (C=O) groups is 1. The van der Waals surface area contributed by atoms with Crippen molar-refractivity contribution < 1.29 is 9.18 Å². The molecule has 0 atom stereocenters. The number of urea groups is 1. The van der Waals surface area contributed by atoms with E-state index in [9.17, 15) is 9.18 Å². The number of rotatable bonds is 5. The van der Waals surface area contributed by atoms with Gasteiger partial charge in [0.1, 0.15) is 11.6 Å². The Kier molecular flexibility index (Phi) is 5.25. The molecule has 3 N–H and O–H groups in total. The van der Waals surface area contributed by atoms with E-state index >= 15 is 0 Å². The normalized spacial score (nSPS) is 11.0. The molecule has 0 aliphatic rings. The first kappa shape index (κ1) is 19.8. The molecule has 0 saturated heterocycles. The van der Waals surface area contributed by atoms with E-state index in [0.29, 0.717) is 12.1 Å². The second-order valence-corrected chi connectivity index (χ2v) is 7.68. The summed E-state index contributed by atoms with van der Waals surface area (Å²) in [6.45, 7) is 0. The molecule has 32 heavy (non-hydrogen) atoms. The molecule has 0 unspecified atom stereocenters. The summed E-state index contributed by atoms with van der Waals surface area (Å²) >= 11 is 0. The molecule has 2 amide bonds. The van der Waals surface area contributed by atoms with Gasteiger partial charge in [0.25, 0.3) is 0 Å². The summed E-state index contributed by atoms with van der Waals surface area (Å²) < 4.78 is 13.0. The summed E-state index contributed by atoms with van der Waals surface area (Å²) in [6.07, 6.45) is 1.48. The largest absolute Gasteiger partial charge is 0.342 e. The third kappa shape index (κ3) is 4.44. The summed E-state index contributed by atoms with van der Waals surface area (Å²) in [5.74, 6) is 0.615. The molecule has 0 aliphatic carbocycles. The van der Waals surface area contributed by atoms with Gasteiger partial charge in [0.05, 0.1) is 11.0 Å². The fourth-order valence-corrected chi connectivity index (χ4v) is 3.73. The number of nitrogens with zero attached hydrogens (tertiary/aromatic N) is 1. The average Bonchev–Trinajstić information content (AvgIpc) is 3.21. The van der Waals surface area contributed by atoms with E-state index in [1.54, 1.807) is 12.1 Å². The SMILES string of the molecule is O=C(Nc1ccc2ccccc2c1)Nc1ccc2[nH]c(CCc3ccc(F)cc3)nc2c1. The van der Waals surface area contributed by atoms with Gasteiger partial charge in [-0.3, -0.25) is 0 Å². The number of fused-ring (bicyclic) bond motifs is 2. The van der Waals surface area contributed by atoms with Gasteiger partial charge in [-0.15, -0.1) is 0 Å². The molecule has 0 aliphatic heterocycles. The van der Waals surface area contributed by atoms with E-state index in [2.05, 4.69) is 20.6 Å². The van der Waals surface area contributed by atoms with Crippen LogP contribution in [0.15, 0.2) is 84.9 Å². The van der Waals surface area contributed by atoms with Crippen LogP contribution in [-0.2, 0) is 12.8 Å². The zero-order chi connectivity index (χ0) is 21.9. The van der Waals surface area contributed by atoms with E-state index in [1.165, 1.54) is 12.1 Å². The maximum atomic E-state index is 13.0. The van der Waals surface area contributed by atoms with Crippen molar-refractivity contribution in [2.24, 2.45) is 0 Å². The lowest BCUT2D eigenvalue weighted by Crippen LogP contribution is -2.19. The topological polar surface area (TPSA) is 69.8 Å². The summed E-state index contributed by atoms with van der Waals surface area (Å²) in [6, 6.07) is 25.6. The lowest BCUT2D eigenvalue weighted by atomic mass is 10.1. The highest BCUT2D eigenvalue weighted by Gasteiger charge is 2.08. The molecule has 1 aromatic heterocycles. The van der Waals surface area contributed by atoms with E-state index in [0.717, 1.165) is 45.3 Å². The Hall–Kier alpha value is -4.19. The molecule has 6 heteroatoms. The highest BCUT2D eigenvalue weighted by Crippen LogP contribution is 2.21. The molecular formula is C26H21FN4O. The van der Waals surface area contributed by atoms with E-state index in [4.69, 9.17) is 0 Å². The van der Waals surface area contributed by atoms with Gasteiger partial charge in [-0.1, -0.05) is 42.5 Å². The van der Waals surface area contributed by atoms with Crippen LogP contribution in [0.2, 0.25) is 0 Å². The lowest BCUT2D eigenvalue weighted by Gasteiger charge is -2.08. The van der Waals surface area contributed by atoms with Crippen LogP contribution < -0.4 is 10.6 Å². The Morgan fingerprint density at radius 3 is 2.34 bits per heavy atom. The van der Waals surface area contributed by atoms with Crippen molar-refractivity contribution in [2.45, 2.75) is 12.8 Å². The molecule has 5 aromatic rings. The monoisotopic (exact) mass is 424 g/mol. The molecular weight excluding hydrogens is 403 g/mol. The van der Waals surface area contributed by atoms with Crippen molar-refractivity contribution in [2.75, 3.05) is 10.6 Å². The maximum Gasteiger partial charge on any atom is 0.323 e. The standard InChI is InChI=1S/C26H21FN4O/c27-20-9-5-17(6-10-20)7-14-25-30-23-13-12-22(16-24(23)31-25)29-26(32)28-21-11-8-18-3-1-2-4-19(18)15-21/h1-6,8-13,15-16H,7,14H2,(H,30,31)(H2,28,29,32). The third-order valence-corrected chi connectivity index (χ3v) is 5.36. The van der Waals surface area contributed by atoms with E-state index < -0.39 is 0 Å². The summed E-state index contributed by atoms with van der Waals surface area (Å²) in [5, 5.41) is 7.93. The van der Waals surface area contributed by atoms with Gasteiger partial charge in [-0.2, -0.15) is 0 Å². The Labute approximate surface area is 184 Å². The number of aromatic amines is 1. The Morgan fingerprint density at radius 2 is 1.53 bits per heavy atom. The van der Waals surface area contributed by atoms with Crippen LogP contribution in [0.5, 0.6) is 0 Å². The van der Waals surface area contributed by atoms with Gasteiger partial charge in [0.15, 0.2) is 0 Å². The van der Waals surface area contributed by atoms with Gasteiger partial charge < -0.3 is 15.6 Å². The van der Waals surface area contributed by atoms with Crippen molar-refractivity contribution in [3.8, 4) is 0 Å². The molecule has 0 bridgehead atoms. The number of imidazole rings is 1. The minimum atomic E-state index is -0.313. The summed E-state index contributed by atoms with van der Waals surface area (Å²) in [7, 11) is 0. The molecule has 5 nitrogen and oxygen atoms in total. The maximum absolute atomic E-state index is 13.0. The van der Waals surface area contributed by atoms with Crippen molar-refractivity contribution >= 4 is 39.2 Å². The Bertz CT molecular complexity index is 1410. The number of aromatic nitrogens is 2. The van der Waals surface area contributed by atoms with Crippen molar-refractivity contribution in [3.63, 3.8) is 0 Å². The van der Waals surface area contributed by atoms with Crippen LogP contribution in [-0.4, -0.2) is 16.0 Å². The van der Waals surface area contributed by atoms with Crippen LogP contribution in [0.1, 0.15) is 11.4 Å². The van der Waals surface area contributed by atoms with Gasteiger partial charge in [-0.25, -0.2) is 14.2 Å². The zero-order valence-corrected chi connectivity index (χ0v) is 17.2. The zero-order valence-electron chi connectivity index (χ0n) is 17.2. The number of nitrogens with one attached hydrogen (secondary N) is 3. The summed E-state index contributed by atoms with van der Waals surface area (Å²) in [4.78, 5) is 20.4. The van der Waals surface area contributed by atoms with Gasteiger partial charge in [-0.05, 0) is 65.2 Å². The van der Waals surface area contributed by atoms with Gasteiger partial charge >= 0.3 is 6.03 Å². The lowest BCUT2D eigenvalue weighted by molar-refractivity contribution is 0.262. The molecule has 0 fully saturated rings. The van der Waals surface area contributed by atoms with Crippen LogP contribution in [0.3, 0.4) is 0 Å². The molecule has 5 rings (SSSR count). The number of halogens is 1.